The molecule has 2 N–H and O–H groups in total. The van der Waals surface area contributed by atoms with E-state index in [0.29, 0.717) is 23.7 Å². The van der Waals surface area contributed by atoms with Crippen molar-refractivity contribution in [3.63, 3.8) is 0 Å². The molecule has 0 spiro atoms. The number of carbonyl (C=O) groups is 4. The van der Waals surface area contributed by atoms with Crippen LogP contribution in [0.3, 0.4) is 0 Å². The summed E-state index contributed by atoms with van der Waals surface area (Å²) in [7, 11) is 0. The molecule has 1 fully saturated rings. The molecule has 0 bridgehead atoms. The number of para-hydroxylation sites is 1. The molecule has 2 aromatic rings. The zero-order valence-corrected chi connectivity index (χ0v) is 16.1. The van der Waals surface area contributed by atoms with E-state index in [1.807, 2.05) is 0 Å². The van der Waals surface area contributed by atoms with E-state index in [1.165, 1.54) is 11.0 Å². The predicted octanol–water partition coefficient (Wildman–Crippen LogP) is 1.71. The van der Waals surface area contributed by atoms with Crippen molar-refractivity contribution in [2.75, 3.05) is 31.6 Å². The van der Waals surface area contributed by atoms with Crippen molar-refractivity contribution in [2.24, 2.45) is 0 Å². The minimum Gasteiger partial charge on any atom is -0.452 e. The van der Waals surface area contributed by atoms with Crippen LogP contribution in [0.2, 0.25) is 5.02 Å². The van der Waals surface area contributed by atoms with Crippen molar-refractivity contribution in [2.45, 2.75) is 0 Å². The predicted molar refractivity (Wildman–Crippen MR) is 106 cm³/mol. The second kappa shape index (κ2) is 9.20. The maximum Gasteiger partial charge on any atom is 0.340 e. The Morgan fingerprint density at radius 2 is 1.83 bits per heavy atom. The fourth-order valence-electron chi connectivity index (χ4n) is 2.71. The van der Waals surface area contributed by atoms with E-state index in [0.717, 1.165) is 0 Å². The topological polar surface area (TPSA) is 105 Å². The van der Waals surface area contributed by atoms with E-state index in [-0.39, 0.29) is 23.7 Å². The summed E-state index contributed by atoms with van der Waals surface area (Å²) in [6.07, 6.45) is 0. The number of carbonyl (C=O) groups excluding carboxylic acids is 4. The van der Waals surface area contributed by atoms with Crippen molar-refractivity contribution in [3.05, 3.63) is 64.7 Å². The van der Waals surface area contributed by atoms with Crippen molar-refractivity contribution in [1.82, 2.24) is 10.2 Å². The van der Waals surface area contributed by atoms with Crippen molar-refractivity contribution < 1.29 is 23.9 Å². The summed E-state index contributed by atoms with van der Waals surface area (Å²) in [6, 6.07) is 12.6. The number of piperazine rings is 1. The zero-order chi connectivity index (χ0) is 20.8. The first kappa shape index (κ1) is 20.3. The van der Waals surface area contributed by atoms with E-state index in [9.17, 15) is 19.2 Å². The Morgan fingerprint density at radius 1 is 1.10 bits per heavy atom. The number of amides is 3. The summed E-state index contributed by atoms with van der Waals surface area (Å²) < 4.78 is 5.09. The molecule has 0 atom stereocenters. The lowest BCUT2D eigenvalue weighted by atomic mass is 10.1. The smallest absolute Gasteiger partial charge is 0.340 e. The van der Waals surface area contributed by atoms with Crippen LogP contribution in [-0.2, 0) is 14.3 Å². The molecule has 0 saturated carbocycles. The molecule has 0 aliphatic carbocycles. The van der Waals surface area contributed by atoms with Gasteiger partial charge in [-0.2, -0.15) is 0 Å². The molecular formula is C20H18ClN3O5. The highest BCUT2D eigenvalue weighted by Gasteiger charge is 2.23. The molecule has 29 heavy (non-hydrogen) atoms. The van der Waals surface area contributed by atoms with Crippen LogP contribution in [0.4, 0.5) is 5.69 Å². The maximum absolute atomic E-state index is 12.4. The summed E-state index contributed by atoms with van der Waals surface area (Å²) in [5.41, 5.74) is 0.734. The number of rotatable bonds is 5. The number of hydrogen-bond donors (Lipinski definition) is 2. The van der Waals surface area contributed by atoms with E-state index in [4.69, 9.17) is 16.3 Å². The zero-order valence-electron chi connectivity index (χ0n) is 15.3. The van der Waals surface area contributed by atoms with Gasteiger partial charge in [0.25, 0.3) is 11.8 Å². The Kier molecular flexibility index (Phi) is 6.46. The SMILES string of the molecule is O=C1CN(C(=O)COC(=O)c2ccccc2NC(=O)c2ccc(Cl)cc2)CCN1. The Bertz CT molecular complexity index is 945. The van der Waals surface area contributed by atoms with Crippen molar-refractivity contribution in [3.8, 4) is 0 Å². The van der Waals surface area contributed by atoms with Crippen LogP contribution in [0.25, 0.3) is 0 Å². The molecule has 1 saturated heterocycles. The Hall–Kier alpha value is -3.39. The second-order valence-corrected chi connectivity index (χ2v) is 6.68. The third-order valence-electron chi connectivity index (χ3n) is 4.22. The number of nitrogens with zero attached hydrogens (tertiary/aromatic N) is 1. The quantitative estimate of drug-likeness (QED) is 0.723. The molecular weight excluding hydrogens is 398 g/mol. The summed E-state index contributed by atoms with van der Waals surface area (Å²) in [4.78, 5) is 49.7. The molecule has 2 aromatic carbocycles. The summed E-state index contributed by atoms with van der Waals surface area (Å²) in [6.45, 7) is 0.156. The minimum absolute atomic E-state index is 0.0654. The van der Waals surface area contributed by atoms with E-state index < -0.39 is 24.4 Å². The van der Waals surface area contributed by atoms with Crippen molar-refractivity contribution in [1.29, 1.82) is 0 Å². The molecule has 9 heteroatoms. The van der Waals surface area contributed by atoms with Crippen LogP contribution in [0.1, 0.15) is 20.7 Å². The molecule has 0 radical (unpaired) electrons. The molecule has 0 unspecified atom stereocenters. The lowest BCUT2D eigenvalue weighted by Crippen LogP contribution is -2.51. The number of esters is 1. The average molecular weight is 416 g/mol. The summed E-state index contributed by atoms with van der Waals surface area (Å²) in [5, 5.41) is 5.77. The highest BCUT2D eigenvalue weighted by atomic mass is 35.5. The van der Waals surface area contributed by atoms with Gasteiger partial charge in [0.1, 0.15) is 0 Å². The third-order valence-corrected chi connectivity index (χ3v) is 4.47. The number of hydrogen-bond acceptors (Lipinski definition) is 5. The normalized spacial score (nSPS) is 13.4. The Morgan fingerprint density at radius 3 is 2.55 bits per heavy atom. The van der Waals surface area contributed by atoms with Gasteiger partial charge in [0.05, 0.1) is 17.8 Å². The van der Waals surface area contributed by atoms with Crippen LogP contribution >= 0.6 is 11.6 Å². The van der Waals surface area contributed by atoms with Crippen LogP contribution in [0.15, 0.2) is 48.5 Å². The summed E-state index contributed by atoms with van der Waals surface area (Å²) >= 11 is 5.82. The molecule has 1 aliphatic heterocycles. The number of nitrogens with one attached hydrogen (secondary N) is 2. The largest absolute Gasteiger partial charge is 0.452 e. The van der Waals surface area contributed by atoms with Gasteiger partial charge in [0.15, 0.2) is 6.61 Å². The number of ether oxygens (including phenoxy) is 1. The Balaban J connectivity index is 1.63. The first-order valence-electron chi connectivity index (χ1n) is 8.81. The van der Waals surface area contributed by atoms with Gasteiger partial charge in [-0.25, -0.2) is 4.79 Å². The van der Waals surface area contributed by atoms with Crippen LogP contribution < -0.4 is 10.6 Å². The second-order valence-electron chi connectivity index (χ2n) is 6.25. The molecule has 1 aliphatic rings. The first-order chi connectivity index (χ1) is 13.9. The van der Waals surface area contributed by atoms with Gasteiger partial charge < -0.3 is 20.3 Å². The number of anilines is 1. The van der Waals surface area contributed by atoms with E-state index >= 15 is 0 Å². The standard InChI is InChI=1S/C20H18ClN3O5/c21-14-7-5-13(6-8-14)19(27)23-16-4-2-1-3-15(16)20(28)29-12-18(26)24-10-9-22-17(25)11-24/h1-8H,9-12H2,(H,22,25)(H,23,27). The lowest BCUT2D eigenvalue weighted by molar-refractivity contribution is -0.140. The number of benzene rings is 2. The van der Waals surface area contributed by atoms with Crippen LogP contribution in [-0.4, -0.2) is 54.8 Å². The lowest BCUT2D eigenvalue weighted by Gasteiger charge is -2.26. The molecule has 1 heterocycles. The van der Waals surface area contributed by atoms with Gasteiger partial charge in [-0.3, -0.25) is 14.4 Å². The molecule has 3 amide bonds. The molecule has 0 aromatic heterocycles. The van der Waals surface area contributed by atoms with Gasteiger partial charge >= 0.3 is 5.97 Å². The molecule has 3 rings (SSSR count). The third kappa shape index (κ3) is 5.32. The van der Waals surface area contributed by atoms with Gasteiger partial charge in [0, 0.05) is 23.7 Å². The highest BCUT2D eigenvalue weighted by Crippen LogP contribution is 2.18. The number of halogens is 1. The van der Waals surface area contributed by atoms with Crippen LogP contribution in [0.5, 0.6) is 0 Å². The summed E-state index contributed by atoms with van der Waals surface area (Å²) in [5.74, 6) is -1.90. The molecule has 8 nitrogen and oxygen atoms in total. The Labute approximate surface area is 171 Å². The fourth-order valence-corrected chi connectivity index (χ4v) is 2.84. The fraction of sp³-hybridized carbons (Fsp3) is 0.200. The maximum atomic E-state index is 12.4. The van der Waals surface area contributed by atoms with Gasteiger partial charge in [-0.15, -0.1) is 0 Å². The monoisotopic (exact) mass is 415 g/mol. The molecule has 150 valence electrons. The average Bonchev–Trinajstić information content (AvgIpc) is 2.72. The van der Waals surface area contributed by atoms with Crippen LogP contribution in [0, 0.1) is 0 Å². The first-order valence-corrected chi connectivity index (χ1v) is 9.19. The van der Waals surface area contributed by atoms with Gasteiger partial charge in [-0.1, -0.05) is 23.7 Å². The van der Waals surface area contributed by atoms with Gasteiger partial charge in [-0.05, 0) is 36.4 Å². The van der Waals surface area contributed by atoms with E-state index in [1.54, 1.807) is 42.5 Å². The minimum atomic E-state index is -0.758. The van der Waals surface area contributed by atoms with Crippen molar-refractivity contribution >= 4 is 41.0 Å². The van der Waals surface area contributed by atoms with Gasteiger partial charge in [0.2, 0.25) is 5.91 Å². The van der Waals surface area contributed by atoms with E-state index in [2.05, 4.69) is 10.6 Å². The highest BCUT2D eigenvalue weighted by molar-refractivity contribution is 6.30.